The highest BCUT2D eigenvalue weighted by Crippen LogP contribution is 2.17. The fraction of sp³-hybridized carbons (Fsp3) is 0.318. The molecular formula is C22H26N4O. The molecule has 0 spiro atoms. The molecule has 0 atom stereocenters. The summed E-state index contributed by atoms with van der Waals surface area (Å²) in [5.74, 6) is 0.735. The maximum atomic E-state index is 12.6. The third kappa shape index (κ3) is 4.82. The molecule has 3 aromatic rings. The van der Waals surface area contributed by atoms with E-state index in [0.717, 1.165) is 23.5 Å². The number of aryl methyl sites for hydroxylation is 3. The second-order valence-electron chi connectivity index (χ2n) is 7.74. The van der Waals surface area contributed by atoms with Crippen molar-refractivity contribution in [3.63, 3.8) is 0 Å². The standard InChI is InChI=1S/C22H26N4O/c1-16-10-8-9-13-18(16)26-19(15-14-17-11-6-5-7-12-17)23-20(25-26)21(27)24-22(2,3)4/h5-13H,14-15H2,1-4H3,(H,24,27). The molecular weight excluding hydrogens is 336 g/mol. The minimum absolute atomic E-state index is 0.205. The van der Waals surface area contributed by atoms with Gasteiger partial charge in [-0.25, -0.2) is 9.67 Å². The second kappa shape index (κ2) is 7.74. The molecule has 3 rings (SSSR count). The fourth-order valence-corrected chi connectivity index (χ4v) is 2.89. The maximum Gasteiger partial charge on any atom is 0.291 e. The van der Waals surface area contributed by atoms with Crippen LogP contribution in [-0.2, 0) is 12.8 Å². The van der Waals surface area contributed by atoms with Crippen LogP contribution < -0.4 is 5.32 Å². The summed E-state index contributed by atoms with van der Waals surface area (Å²) in [5, 5.41) is 7.47. The van der Waals surface area contributed by atoms with Gasteiger partial charge in [-0.15, -0.1) is 5.10 Å². The van der Waals surface area contributed by atoms with E-state index >= 15 is 0 Å². The number of rotatable bonds is 5. The van der Waals surface area contributed by atoms with Gasteiger partial charge in [0.05, 0.1) is 5.69 Å². The first kappa shape index (κ1) is 18.8. The Kier molecular flexibility index (Phi) is 5.40. The number of nitrogens with zero attached hydrogens (tertiary/aromatic N) is 3. The van der Waals surface area contributed by atoms with Crippen LogP contribution in [0, 0.1) is 6.92 Å². The van der Waals surface area contributed by atoms with Crippen molar-refractivity contribution in [2.75, 3.05) is 0 Å². The van der Waals surface area contributed by atoms with E-state index in [1.165, 1.54) is 5.56 Å². The molecule has 1 N–H and O–H groups in total. The van der Waals surface area contributed by atoms with E-state index in [2.05, 4.69) is 27.5 Å². The lowest BCUT2D eigenvalue weighted by Crippen LogP contribution is -2.41. The molecule has 140 valence electrons. The molecule has 0 fully saturated rings. The highest BCUT2D eigenvalue weighted by molar-refractivity contribution is 5.90. The van der Waals surface area contributed by atoms with Crippen molar-refractivity contribution in [2.45, 2.75) is 46.1 Å². The molecule has 2 aromatic carbocycles. The van der Waals surface area contributed by atoms with E-state index < -0.39 is 0 Å². The molecule has 0 saturated carbocycles. The predicted octanol–water partition coefficient (Wildman–Crippen LogP) is 3.89. The zero-order chi connectivity index (χ0) is 19.4. The van der Waals surface area contributed by atoms with E-state index in [4.69, 9.17) is 0 Å². The minimum Gasteiger partial charge on any atom is -0.345 e. The number of nitrogens with one attached hydrogen (secondary N) is 1. The Bertz CT molecular complexity index is 923. The van der Waals surface area contributed by atoms with Crippen LogP contribution in [0.2, 0.25) is 0 Å². The van der Waals surface area contributed by atoms with Crippen LogP contribution in [0.4, 0.5) is 0 Å². The van der Waals surface area contributed by atoms with E-state index in [-0.39, 0.29) is 17.3 Å². The molecule has 0 bridgehead atoms. The number of hydrogen-bond donors (Lipinski definition) is 1. The summed E-state index contributed by atoms with van der Waals surface area (Å²) in [4.78, 5) is 17.1. The molecule has 0 aliphatic carbocycles. The summed E-state index contributed by atoms with van der Waals surface area (Å²) in [5.41, 5.74) is 2.93. The molecule has 0 radical (unpaired) electrons. The number of carbonyl (C=O) groups excluding carboxylic acids is 1. The van der Waals surface area contributed by atoms with Gasteiger partial charge in [-0.1, -0.05) is 48.5 Å². The van der Waals surface area contributed by atoms with Gasteiger partial charge in [0.15, 0.2) is 0 Å². The molecule has 5 heteroatoms. The lowest BCUT2D eigenvalue weighted by molar-refractivity contribution is 0.0909. The van der Waals surface area contributed by atoms with Gasteiger partial charge in [-0.05, 0) is 51.3 Å². The van der Waals surface area contributed by atoms with Crippen molar-refractivity contribution in [1.82, 2.24) is 20.1 Å². The molecule has 1 amide bonds. The van der Waals surface area contributed by atoms with Crippen LogP contribution >= 0.6 is 0 Å². The highest BCUT2D eigenvalue weighted by atomic mass is 16.2. The zero-order valence-electron chi connectivity index (χ0n) is 16.4. The summed E-state index contributed by atoms with van der Waals surface area (Å²) in [6.07, 6.45) is 1.54. The smallest absolute Gasteiger partial charge is 0.291 e. The van der Waals surface area contributed by atoms with Gasteiger partial charge >= 0.3 is 0 Å². The zero-order valence-corrected chi connectivity index (χ0v) is 16.4. The summed E-state index contributed by atoms with van der Waals surface area (Å²) in [7, 11) is 0. The van der Waals surface area contributed by atoms with Crippen molar-refractivity contribution < 1.29 is 4.79 Å². The lowest BCUT2D eigenvalue weighted by Gasteiger charge is -2.19. The third-order valence-corrected chi connectivity index (χ3v) is 4.19. The van der Waals surface area contributed by atoms with Crippen LogP contribution in [0.1, 0.15) is 48.3 Å². The van der Waals surface area contributed by atoms with E-state index in [1.54, 1.807) is 4.68 Å². The van der Waals surface area contributed by atoms with E-state index in [9.17, 15) is 4.79 Å². The van der Waals surface area contributed by atoms with Gasteiger partial charge in [-0.3, -0.25) is 4.79 Å². The Morgan fingerprint density at radius 3 is 2.33 bits per heavy atom. The first-order valence-corrected chi connectivity index (χ1v) is 9.22. The third-order valence-electron chi connectivity index (χ3n) is 4.19. The Morgan fingerprint density at radius 1 is 1.00 bits per heavy atom. The number of amides is 1. The molecule has 0 saturated heterocycles. The topological polar surface area (TPSA) is 59.8 Å². The number of carbonyl (C=O) groups is 1. The Morgan fingerprint density at radius 2 is 1.67 bits per heavy atom. The van der Waals surface area contributed by atoms with Crippen LogP contribution in [-0.4, -0.2) is 26.2 Å². The van der Waals surface area contributed by atoms with Gasteiger partial charge in [0, 0.05) is 12.0 Å². The van der Waals surface area contributed by atoms with Crippen LogP contribution in [0.15, 0.2) is 54.6 Å². The molecule has 5 nitrogen and oxygen atoms in total. The Balaban J connectivity index is 1.94. The SMILES string of the molecule is Cc1ccccc1-n1nc(C(=O)NC(C)(C)C)nc1CCc1ccccc1. The first-order chi connectivity index (χ1) is 12.8. The summed E-state index contributed by atoms with van der Waals surface area (Å²) < 4.78 is 1.80. The van der Waals surface area contributed by atoms with Crippen molar-refractivity contribution in [2.24, 2.45) is 0 Å². The van der Waals surface area contributed by atoms with Crippen molar-refractivity contribution in [3.05, 3.63) is 77.4 Å². The maximum absolute atomic E-state index is 12.6. The monoisotopic (exact) mass is 362 g/mol. The van der Waals surface area contributed by atoms with E-state index in [1.807, 2.05) is 70.2 Å². The summed E-state index contributed by atoms with van der Waals surface area (Å²) in [6.45, 7) is 7.87. The number of para-hydroxylation sites is 1. The fourth-order valence-electron chi connectivity index (χ4n) is 2.89. The van der Waals surface area contributed by atoms with Gasteiger partial charge < -0.3 is 5.32 Å². The molecule has 0 aliphatic heterocycles. The van der Waals surface area contributed by atoms with Crippen LogP contribution in [0.5, 0.6) is 0 Å². The summed E-state index contributed by atoms with van der Waals surface area (Å²) in [6, 6.07) is 18.3. The minimum atomic E-state index is -0.338. The Labute approximate surface area is 160 Å². The van der Waals surface area contributed by atoms with Gasteiger partial charge in [-0.2, -0.15) is 0 Å². The van der Waals surface area contributed by atoms with Gasteiger partial charge in [0.2, 0.25) is 5.82 Å². The van der Waals surface area contributed by atoms with E-state index in [0.29, 0.717) is 6.42 Å². The predicted molar refractivity (Wildman–Crippen MR) is 107 cm³/mol. The number of hydrogen-bond acceptors (Lipinski definition) is 3. The molecule has 0 aliphatic rings. The molecule has 1 aromatic heterocycles. The van der Waals surface area contributed by atoms with Crippen molar-refractivity contribution in [1.29, 1.82) is 0 Å². The Hall–Kier alpha value is -2.95. The van der Waals surface area contributed by atoms with Crippen molar-refractivity contribution >= 4 is 5.91 Å². The van der Waals surface area contributed by atoms with Gasteiger partial charge in [0.25, 0.3) is 5.91 Å². The normalized spacial score (nSPS) is 11.4. The molecule has 1 heterocycles. The lowest BCUT2D eigenvalue weighted by atomic mass is 10.1. The van der Waals surface area contributed by atoms with Crippen molar-refractivity contribution in [3.8, 4) is 5.69 Å². The quantitative estimate of drug-likeness (QED) is 0.749. The molecule has 27 heavy (non-hydrogen) atoms. The average molecular weight is 362 g/mol. The first-order valence-electron chi connectivity index (χ1n) is 9.22. The highest BCUT2D eigenvalue weighted by Gasteiger charge is 2.22. The number of benzene rings is 2. The van der Waals surface area contributed by atoms with Gasteiger partial charge in [0.1, 0.15) is 5.82 Å². The average Bonchev–Trinajstić information content (AvgIpc) is 3.04. The largest absolute Gasteiger partial charge is 0.345 e. The second-order valence-corrected chi connectivity index (χ2v) is 7.74. The van der Waals surface area contributed by atoms with Crippen LogP contribution in [0.25, 0.3) is 5.69 Å². The van der Waals surface area contributed by atoms with Crippen LogP contribution in [0.3, 0.4) is 0 Å². The molecule has 0 unspecified atom stereocenters. The summed E-state index contributed by atoms with van der Waals surface area (Å²) >= 11 is 0. The number of aromatic nitrogens is 3.